The van der Waals surface area contributed by atoms with Crippen molar-refractivity contribution in [2.45, 2.75) is 32.6 Å². The van der Waals surface area contributed by atoms with E-state index >= 15 is 0 Å². The lowest BCUT2D eigenvalue weighted by molar-refractivity contribution is -0.0566. The van der Waals surface area contributed by atoms with Gasteiger partial charge in [0.05, 0.1) is 20.3 Å². The summed E-state index contributed by atoms with van der Waals surface area (Å²) < 4.78 is 16.9. The van der Waals surface area contributed by atoms with Crippen LogP contribution in [0.25, 0.3) is 0 Å². The molecule has 5 nitrogen and oxygen atoms in total. The molecule has 1 atom stereocenters. The molecule has 0 aliphatic carbocycles. The summed E-state index contributed by atoms with van der Waals surface area (Å²) in [5.41, 5.74) is 0.805. The van der Waals surface area contributed by atoms with Crippen LogP contribution in [0.2, 0.25) is 0 Å². The minimum Gasteiger partial charge on any atom is -0.493 e. The number of hydrogen-bond donors (Lipinski definition) is 1. The van der Waals surface area contributed by atoms with Crippen LogP contribution in [-0.2, 0) is 11.3 Å². The zero-order valence-corrected chi connectivity index (χ0v) is 13.0. The summed E-state index contributed by atoms with van der Waals surface area (Å²) in [7, 11) is 1.60. The first-order valence-electron chi connectivity index (χ1n) is 7.40. The Balaban J connectivity index is 1.93. The Bertz CT molecular complexity index is 450. The molecule has 118 valence electrons. The second-order valence-electron chi connectivity index (χ2n) is 5.54. The van der Waals surface area contributed by atoms with Crippen molar-refractivity contribution in [3.05, 3.63) is 23.8 Å². The van der Waals surface area contributed by atoms with Gasteiger partial charge in [-0.05, 0) is 31.5 Å². The van der Waals surface area contributed by atoms with E-state index in [9.17, 15) is 0 Å². The van der Waals surface area contributed by atoms with Crippen LogP contribution in [0.4, 0.5) is 0 Å². The molecule has 1 aliphatic heterocycles. The summed E-state index contributed by atoms with van der Waals surface area (Å²) in [6, 6.07) is 5.97. The van der Waals surface area contributed by atoms with Gasteiger partial charge in [0.2, 0.25) is 0 Å². The molecule has 2 rings (SSSR count). The highest BCUT2D eigenvalue weighted by Crippen LogP contribution is 2.28. The fraction of sp³-hybridized carbons (Fsp3) is 0.625. The van der Waals surface area contributed by atoms with Gasteiger partial charge in [-0.3, -0.25) is 4.90 Å². The molecule has 1 unspecified atom stereocenters. The predicted octanol–water partition coefficient (Wildman–Crippen LogP) is 1.68. The number of hydrogen-bond acceptors (Lipinski definition) is 5. The fourth-order valence-corrected chi connectivity index (χ4v) is 2.42. The number of methoxy groups -OCH3 is 1. The summed E-state index contributed by atoms with van der Waals surface area (Å²) in [4.78, 5) is 2.39. The van der Waals surface area contributed by atoms with Crippen LogP contribution < -0.4 is 9.47 Å². The molecule has 0 bridgehead atoms. The lowest BCUT2D eigenvalue weighted by Crippen LogP contribution is -2.47. The van der Waals surface area contributed by atoms with E-state index in [1.54, 1.807) is 13.2 Å². The minimum atomic E-state index is -0.00821. The maximum absolute atomic E-state index is 9.14. The Labute approximate surface area is 126 Å². The van der Waals surface area contributed by atoms with E-state index in [4.69, 9.17) is 19.3 Å². The first-order valence-corrected chi connectivity index (χ1v) is 7.40. The number of nitrogens with zero attached hydrogens (tertiary/aromatic N) is 1. The Morgan fingerprint density at radius 3 is 2.86 bits per heavy atom. The summed E-state index contributed by atoms with van der Waals surface area (Å²) in [6.45, 7) is 7.48. The molecular formula is C16H25NO4. The van der Waals surface area contributed by atoms with Crippen molar-refractivity contribution >= 4 is 0 Å². The van der Waals surface area contributed by atoms with Gasteiger partial charge in [-0.2, -0.15) is 0 Å². The number of ether oxygens (including phenoxy) is 3. The third-order valence-electron chi connectivity index (χ3n) is 3.74. The molecule has 0 amide bonds. The maximum atomic E-state index is 9.14. The van der Waals surface area contributed by atoms with Crippen LogP contribution in [0, 0.1) is 0 Å². The van der Waals surface area contributed by atoms with Crippen LogP contribution >= 0.6 is 0 Å². The second kappa shape index (κ2) is 7.64. The van der Waals surface area contributed by atoms with Gasteiger partial charge in [0, 0.05) is 19.1 Å². The maximum Gasteiger partial charge on any atom is 0.161 e. The second-order valence-corrected chi connectivity index (χ2v) is 5.54. The fourth-order valence-electron chi connectivity index (χ4n) is 2.42. The molecule has 1 aromatic carbocycles. The molecule has 0 spiro atoms. The Morgan fingerprint density at radius 2 is 2.19 bits per heavy atom. The van der Waals surface area contributed by atoms with Gasteiger partial charge >= 0.3 is 0 Å². The van der Waals surface area contributed by atoms with Crippen molar-refractivity contribution in [1.82, 2.24) is 4.90 Å². The molecule has 0 saturated carbocycles. The van der Waals surface area contributed by atoms with Crippen LogP contribution in [-0.4, -0.2) is 55.6 Å². The average molecular weight is 295 g/mol. The molecule has 0 radical (unpaired) electrons. The Kier molecular flexibility index (Phi) is 5.85. The van der Waals surface area contributed by atoms with Crippen molar-refractivity contribution < 1.29 is 19.3 Å². The topological polar surface area (TPSA) is 51.2 Å². The van der Waals surface area contributed by atoms with Gasteiger partial charge in [0.1, 0.15) is 12.7 Å². The first-order chi connectivity index (χ1) is 10.1. The highest BCUT2D eigenvalue weighted by molar-refractivity contribution is 5.42. The lowest BCUT2D eigenvalue weighted by atomic mass is 10.2. The van der Waals surface area contributed by atoms with Crippen molar-refractivity contribution in [3.63, 3.8) is 0 Å². The number of rotatable bonds is 6. The van der Waals surface area contributed by atoms with Crippen molar-refractivity contribution in [2.24, 2.45) is 0 Å². The summed E-state index contributed by atoms with van der Waals surface area (Å²) >= 11 is 0. The number of benzene rings is 1. The van der Waals surface area contributed by atoms with E-state index in [0.29, 0.717) is 24.1 Å². The SMILES string of the molecule is COc1cc(CO)ccc1OCC1CN(C(C)C)CCO1. The van der Waals surface area contributed by atoms with Crippen molar-refractivity contribution in [2.75, 3.05) is 33.4 Å². The van der Waals surface area contributed by atoms with E-state index in [1.807, 2.05) is 12.1 Å². The molecule has 1 aliphatic rings. The summed E-state index contributed by atoms with van der Waals surface area (Å²) in [6.07, 6.45) is 0.0726. The molecule has 21 heavy (non-hydrogen) atoms. The zero-order valence-electron chi connectivity index (χ0n) is 13.0. The summed E-state index contributed by atoms with van der Waals surface area (Å²) in [5.74, 6) is 1.32. The Morgan fingerprint density at radius 1 is 1.38 bits per heavy atom. The van der Waals surface area contributed by atoms with E-state index in [1.165, 1.54) is 0 Å². The van der Waals surface area contributed by atoms with E-state index in [-0.39, 0.29) is 12.7 Å². The van der Waals surface area contributed by atoms with Crippen LogP contribution in [0.5, 0.6) is 11.5 Å². The third-order valence-corrected chi connectivity index (χ3v) is 3.74. The monoisotopic (exact) mass is 295 g/mol. The predicted molar refractivity (Wildman–Crippen MR) is 80.9 cm³/mol. The van der Waals surface area contributed by atoms with Gasteiger partial charge in [-0.25, -0.2) is 0 Å². The van der Waals surface area contributed by atoms with Crippen LogP contribution in [0.3, 0.4) is 0 Å². The molecule has 0 aromatic heterocycles. The van der Waals surface area contributed by atoms with Crippen LogP contribution in [0.15, 0.2) is 18.2 Å². The van der Waals surface area contributed by atoms with Crippen molar-refractivity contribution in [3.8, 4) is 11.5 Å². The molecule has 1 heterocycles. The van der Waals surface area contributed by atoms with Gasteiger partial charge in [0.15, 0.2) is 11.5 Å². The van der Waals surface area contributed by atoms with Gasteiger partial charge in [-0.1, -0.05) is 6.07 Å². The van der Waals surface area contributed by atoms with Crippen molar-refractivity contribution in [1.29, 1.82) is 0 Å². The largest absolute Gasteiger partial charge is 0.493 e. The third kappa shape index (κ3) is 4.33. The lowest BCUT2D eigenvalue weighted by Gasteiger charge is -2.35. The van der Waals surface area contributed by atoms with Gasteiger partial charge < -0.3 is 19.3 Å². The van der Waals surface area contributed by atoms with E-state index in [2.05, 4.69) is 18.7 Å². The average Bonchev–Trinajstić information content (AvgIpc) is 2.53. The Hall–Kier alpha value is -1.30. The van der Waals surface area contributed by atoms with E-state index < -0.39 is 0 Å². The molecule has 1 N–H and O–H groups in total. The number of aliphatic hydroxyl groups is 1. The highest BCUT2D eigenvalue weighted by atomic mass is 16.5. The standard InChI is InChI=1S/C16H25NO4/c1-12(2)17-6-7-20-14(9-17)11-21-15-5-4-13(10-18)8-16(15)19-3/h4-5,8,12,14,18H,6-7,9-11H2,1-3H3. The summed E-state index contributed by atoms with van der Waals surface area (Å²) in [5, 5.41) is 9.14. The minimum absolute atomic E-state index is 0.00821. The number of morpholine rings is 1. The molecule has 5 heteroatoms. The normalized spacial score (nSPS) is 19.8. The first kappa shape index (κ1) is 16.1. The molecule has 1 aromatic rings. The van der Waals surface area contributed by atoms with Gasteiger partial charge in [-0.15, -0.1) is 0 Å². The highest BCUT2D eigenvalue weighted by Gasteiger charge is 2.23. The molecule has 1 saturated heterocycles. The molecule has 1 fully saturated rings. The van der Waals surface area contributed by atoms with Crippen LogP contribution in [0.1, 0.15) is 19.4 Å². The smallest absolute Gasteiger partial charge is 0.161 e. The number of aliphatic hydroxyl groups excluding tert-OH is 1. The molecular weight excluding hydrogens is 270 g/mol. The van der Waals surface area contributed by atoms with E-state index in [0.717, 1.165) is 25.3 Å². The van der Waals surface area contributed by atoms with Gasteiger partial charge in [0.25, 0.3) is 0 Å². The zero-order chi connectivity index (χ0) is 15.2. The quantitative estimate of drug-likeness (QED) is 0.865.